The highest BCUT2D eigenvalue weighted by Gasteiger charge is 2.48. The molecule has 0 bridgehead atoms. The zero-order valence-electron chi connectivity index (χ0n) is 16.2. The fraction of sp³-hybridized carbons (Fsp3) is 0.529. The van der Waals surface area contributed by atoms with Crippen LogP contribution < -0.4 is 4.74 Å². The van der Waals surface area contributed by atoms with E-state index in [-0.39, 0.29) is 16.5 Å². The van der Waals surface area contributed by atoms with Crippen LogP contribution in [0.2, 0.25) is 0 Å². The topological polar surface area (TPSA) is 135 Å². The fourth-order valence-electron chi connectivity index (χ4n) is 2.68. The zero-order chi connectivity index (χ0) is 21.8. The Morgan fingerprint density at radius 3 is 2.17 bits per heavy atom. The molecule has 4 atom stereocenters. The van der Waals surface area contributed by atoms with Gasteiger partial charge in [-0.05, 0) is 12.1 Å². The predicted molar refractivity (Wildman–Crippen MR) is 101 cm³/mol. The van der Waals surface area contributed by atoms with Crippen LogP contribution in [-0.2, 0) is 38.4 Å². The number of carbonyl (C=O) groups is 3. The first-order valence-electron chi connectivity index (χ1n) is 8.44. The summed E-state index contributed by atoms with van der Waals surface area (Å²) in [7, 11) is -3.69. The number of ether oxygens (including phenoxy) is 4. The molecular formula is C17H21NO9S2. The van der Waals surface area contributed by atoms with Gasteiger partial charge in [0.05, 0.1) is 0 Å². The summed E-state index contributed by atoms with van der Waals surface area (Å²) in [4.78, 5) is 38.5. The number of rotatable bonds is 6. The molecule has 0 N–H and O–H groups in total. The maximum atomic E-state index is 12.0. The molecular weight excluding hydrogens is 426 g/mol. The lowest BCUT2D eigenvalue weighted by Crippen LogP contribution is -2.55. The molecule has 1 saturated heterocycles. The van der Waals surface area contributed by atoms with E-state index in [0.717, 1.165) is 31.9 Å². The molecule has 0 unspecified atom stereocenters. The molecule has 1 aromatic heterocycles. The van der Waals surface area contributed by atoms with Crippen molar-refractivity contribution in [3.63, 3.8) is 0 Å². The highest BCUT2D eigenvalue weighted by molar-refractivity contribution is 7.99. The summed E-state index contributed by atoms with van der Waals surface area (Å²) < 4.78 is 45.5. The van der Waals surface area contributed by atoms with Gasteiger partial charge >= 0.3 is 17.9 Å². The second-order valence-corrected chi connectivity index (χ2v) is 9.26. The van der Waals surface area contributed by atoms with Gasteiger partial charge in [-0.3, -0.25) is 14.4 Å². The molecule has 10 nitrogen and oxygen atoms in total. The van der Waals surface area contributed by atoms with E-state index in [1.54, 1.807) is 0 Å². The van der Waals surface area contributed by atoms with E-state index in [1.165, 1.54) is 25.3 Å². The van der Waals surface area contributed by atoms with Crippen molar-refractivity contribution in [3.05, 3.63) is 18.3 Å². The van der Waals surface area contributed by atoms with Crippen molar-refractivity contribution >= 4 is 39.5 Å². The summed E-state index contributed by atoms with van der Waals surface area (Å²) in [5, 5.41) is -0.284. The van der Waals surface area contributed by atoms with E-state index in [9.17, 15) is 22.8 Å². The molecule has 0 aliphatic carbocycles. The molecule has 1 fully saturated rings. The van der Waals surface area contributed by atoms with Crippen LogP contribution in [0.1, 0.15) is 20.8 Å². The summed E-state index contributed by atoms with van der Waals surface area (Å²) in [5.41, 5.74) is -0.945. The van der Waals surface area contributed by atoms with Crippen LogP contribution in [0.25, 0.3) is 0 Å². The monoisotopic (exact) mass is 447 g/mol. The lowest BCUT2D eigenvalue weighted by molar-refractivity contribution is -0.186. The molecule has 0 saturated carbocycles. The van der Waals surface area contributed by atoms with E-state index in [2.05, 4.69) is 4.98 Å². The van der Waals surface area contributed by atoms with Crippen molar-refractivity contribution in [1.29, 1.82) is 0 Å². The third-order valence-electron chi connectivity index (χ3n) is 3.64. The molecule has 1 aromatic rings. The summed E-state index contributed by atoms with van der Waals surface area (Å²) >= 11 is 1.12. The third-order valence-corrected chi connectivity index (χ3v) is 5.86. The zero-order valence-corrected chi connectivity index (χ0v) is 17.8. The van der Waals surface area contributed by atoms with Gasteiger partial charge in [-0.15, -0.1) is 11.8 Å². The first-order chi connectivity index (χ1) is 13.5. The van der Waals surface area contributed by atoms with Crippen molar-refractivity contribution in [1.82, 2.24) is 4.98 Å². The Kier molecular flexibility index (Phi) is 7.47. The molecule has 29 heavy (non-hydrogen) atoms. The largest absolute Gasteiger partial charge is 0.473 e. The van der Waals surface area contributed by atoms with Crippen molar-refractivity contribution in [3.8, 4) is 5.75 Å². The van der Waals surface area contributed by atoms with Gasteiger partial charge in [0.25, 0.3) is 0 Å². The van der Waals surface area contributed by atoms with E-state index in [0.29, 0.717) is 0 Å². The Labute approximate surface area is 172 Å². The summed E-state index contributed by atoms with van der Waals surface area (Å²) in [6.07, 6.45) is -0.886. The van der Waals surface area contributed by atoms with Crippen LogP contribution in [0.3, 0.4) is 0 Å². The van der Waals surface area contributed by atoms with Gasteiger partial charge in [-0.25, -0.2) is 13.4 Å². The van der Waals surface area contributed by atoms with Gasteiger partial charge in [0, 0.05) is 39.0 Å². The van der Waals surface area contributed by atoms with Crippen LogP contribution >= 0.6 is 11.8 Å². The van der Waals surface area contributed by atoms with Crippen LogP contribution in [-0.4, -0.2) is 67.1 Å². The predicted octanol–water partition coefficient (Wildman–Crippen LogP) is 0.732. The van der Waals surface area contributed by atoms with Gasteiger partial charge in [0.1, 0.15) is 0 Å². The first-order valence-corrected chi connectivity index (χ1v) is 11.4. The SMILES string of the molecule is CC(=O)O[C@@H]1[C@@H](OC(C)=O)[C@@H](Oc2cccnc2S(C)(=O)=O)SC[C@H]1OC(C)=O. The van der Waals surface area contributed by atoms with Crippen molar-refractivity contribution in [2.75, 3.05) is 12.0 Å². The number of hydrogen-bond donors (Lipinski definition) is 0. The number of thioether (sulfide) groups is 1. The van der Waals surface area contributed by atoms with Crippen LogP contribution in [0.4, 0.5) is 0 Å². The van der Waals surface area contributed by atoms with Crippen LogP contribution in [0, 0.1) is 0 Å². The smallest absolute Gasteiger partial charge is 0.303 e. The number of aromatic nitrogens is 1. The number of esters is 3. The first kappa shape index (κ1) is 22.9. The van der Waals surface area contributed by atoms with E-state index >= 15 is 0 Å². The Morgan fingerprint density at radius 1 is 1.03 bits per heavy atom. The van der Waals surface area contributed by atoms with Gasteiger partial charge < -0.3 is 18.9 Å². The number of hydrogen-bond acceptors (Lipinski definition) is 11. The maximum Gasteiger partial charge on any atom is 0.303 e. The van der Waals surface area contributed by atoms with E-state index in [4.69, 9.17) is 18.9 Å². The molecule has 2 rings (SSSR count). The minimum Gasteiger partial charge on any atom is -0.473 e. The van der Waals surface area contributed by atoms with Gasteiger partial charge in [-0.1, -0.05) is 0 Å². The lowest BCUT2D eigenvalue weighted by Gasteiger charge is -2.39. The molecule has 12 heteroatoms. The summed E-state index contributed by atoms with van der Waals surface area (Å²) in [6.45, 7) is 3.52. The maximum absolute atomic E-state index is 12.0. The van der Waals surface area contributed by atoms with Gasteiger partial charge in [0.15, 0.2) is 44.4 Å². The Balaban J connectivity index is 2.39. The standard InChI is InChI=1S/C17H21NO9S2/c1-9(19)24-13-8-28-17(15(26-11(3)21)14(13)25-10(2)20)27-12-6-5-7-18-16(12)29(4,22)23/h5-7,13-15,17H,8H2,1-4H3/t13-,14+,15-,17+/m1/s1. The average molecular weight is 447 g/mol. The van der Waals surface area contributed by atoms with E-state index in [1.807, 2.05) is 0 Å². The molecule has 1 aliphatic rings. The quantitative estimate of drug-likeness (QED) is 0.451. The second kappa shape index (κ2) is 9.44. The average Bonchev–Trinajstić information content (AvgIpc) is 2.58. The van der Waals surface area contributed by atoms with Gasteiger partial charge in [0.2, 0.25) is 0 Å². The number of nitrogens with zero attached hydrogens (tertiary/aromatic N) is 1. The van der Waals surface area contributed by atoms with Crippen LogP contribution in [0.5, 0.6) is 5.75 Å². The summed E-state index contributed by atoms with van der Waals surface area (Å²) in [5.74, 6) is -1.83. The normalized spacial score (nSPS) is 24.3. The third kappa shape index (κ3) is 6.32. The molecule has 0 aromatic carbocycles. The Bertz CT molecular complexity index is 887. The number of carbonyl (C=O) groups excluding carboxylic acids is 3. The molecule has 0 spiro atoms. The minimum atomic E-state index is -3.69. The Hall–Kier alpha value is -2.34. The van der Waals surface area contributed by atoms with Crippen molar-refractivity contribution in [2.24, 2.45) is 0 Å². The molecule has 0 amide bonds. The molecule has 2 heterocycles. The second-order valence-electron chi connectivity index (χ2n) is 6.19. The highest BCUT2D eigenvalue weighted by atomic mass is 32.2. The summed E-state index contributed by atoms with van der Waals surface area (Å²) in [6, 6.07) is 2.90. The van der Waals surface area contributed by atoms with Crippen LogP contribution in [0.15, 0.2) is 23.4 Å². The van der Waals surface area contributed by atoms with Crippen molar-refractivity contribution < 1.29 is 41.7 Å². The van der Waals surface area contributed by atoms with Gasteiger partial charge in [-0.2, -0.15) is 0 Å². The van der Waals surface area contributed by atoms with E-state index < -0.39 is 51.5 Å². The fourth-order valence-corrected chi connectivity index (χ4v) is 4.62. The molecule has 160 valence electrons. The highest BCUT2D eigenvalue weighted by Crippen LogP contribution is 2.35. The number of pyridine rings is 1. The minimum absolute atomic E-state index is 0.0443. The van der Waals surface area contributed by atoms with Crippen molar-refractivity contribution in [2.45, 2.75) is 49.5 Å². The lowest BCUT2D eigenvalue weighted by atomic mass is 10.1. The molecule has 1 aliphatic heterocycles. The molecule has 0 radical (unpaired) electrons. The number of sulfone groups is 1. The Morgan fingerprint density at radius 2 is 1.62 bits per heavy atom.